The SMILES string of the molecule is C=CCNC(=O)C1(CC(=O)O)CC(c2ccc(OCC#N)cc2)=NO1. The number of nitrogens with one attached hydrogen (secondary N) is 1. The summed E-state index contributed by atoms with van der Waals surface area (Å²) < 4.78 is 5.17. The predicted octanol–water partition coefficient (Wildman–Crippen LogP) is 1.23. The topological polar surface area (TPSA) is 121 Å². The first-order chi connectivity index (χ1) is 12.0. The number of amides is 1. The van der Waals surface area contributed by atoms with E-state index in [1.165, 1.54) is 6.08 Å². The van der Waals surface area contributed by atoms with Crippen LogP contribution < -0.4 is 10.1 Å². The molecule has 1 atom stereocenters. The van der Waals surface area contributed by atoms with E-state index in [-0.39, 0.29) is 19.6 Å². The molecular formula is C17H17N3O5. The smallest absolute Gasteiger partial charge is 0.308 e. The first-order valence-electron chi connectivity index (χ1n) is 7.47. The molecule has 1 aromatic rings. The van der Waals surface area contributed by atoms with Gasteiger partial charge in [-0.25, -0.2) is 0 Å². The van der Waals surface area contributed by atoms with Crippen molar-refractivity contribution < 1.29 is 24.3 Å². The van der Waals surface area contributed by atoms with Crippen LogP contribution in [-0.2, 0) is 14.4 Å². The maximum Gasteiger partial charge on any atom is 0.308 e. The summed E-state index contributed by atoms with van der Waals surface area (Å²) in [5.41, 5.74) is -0.449. The number of rotatable bonds is 8. The molecule has 0 spiro atoms. The highest BCUT2D eigenvalue weighted by Crippen LogP contribution is 2.31. The number of nitriles is 1. The highest BCUT2D eigenvalue weighted by atomic mass is 16.7. The van der Waals surface area contributed by atoms with Gasteiger partial charge in [0.2, 0.25) is 5.60 Å². The highest BCUT2D eigenvalue weighted by molar-refractivity contribution is 6.06. The Morgan fingerprint density at radius 2 is 2.20 bits per heavy atom. The van der Waals surface area contributed by atoms with E-state index in [4.69, 9.17) is 19.9 Å². The third-order valence-corrected chi connectivity index (χ3v) is 3.53. The third kappa shape index (κ3) is 4.35. The third-order valence-electron chi connectivity index (χ3n) is 3.53. The van der Waals surface area contributed by atoms with E-state index >= 15 is 0 Å². The van der Waals surface area contributed by atoms with Gasteiger partial charge in [0.1, 0.15) is 11.8 Å². The van der Waals surface area contributed by atoms with Gasteiger partial charge in [-0.3, -0.25) is 9.59 Å². The fourth-order valence-electron chi connectivity index (χ4n) is 2.36. The fraction of sp³-hybridized carbons (Fsp3) is 0.294. The van der Waals surface area contributed by atoms with Gasteiger partial charge in [0.15, 0.2) is 6.61 Å². The van der Waals surface area contributed by atoms with Gasteiger partial charge in [0.25, 0.3) is 5.91 Å². The zero-order chi connectivity index (χ0) is 18.3. The van der Waals surface area contributed by atoms with Crippen LogP contribution in [-0.4, -0.2) is 41.4 Å². The highest BCUT2D eigenvalue weighted by Gasteiger charge is 2.48. The van der Waals surface area contributed by atoms with Crippen LogP contribution >= 0.6 is 0 Å². The Labute approximate surface area is 144 Å². The number of carbonyl (C=O) groups excluding carboxylic acids is 1. The van der Waals surface area contributed by atoms with Crippen molar-refractivity contribution in [3.8, 4) is 11.8 Å². The van der Waals surface area contributed by atoms with Crippen molar-refractivity contribution in [2.45, 2.75) is 18.4 Å². The van der Waals surface area contributed by atoms with Crippen LogP contribution in [0.2, 0.25) is 0 Å². The number of nitrogens with zero attached hydrogens (tertiary/aromatic N) is 2. The van der Waals surface area contributed by atoms with Crippen molar-refractivity contribution in [1.82, 2.24) is 5.32 Å². The van der Waals surface area contributed by atoms with Gasteiger partial charge < -0.3 is 20.0 Å². The van der Waals surface area contributed by atoms with Gasteiger partial charge >= 0.3 is 5.97 Å². The van der Waals surface area contributed by atoms with E-state index in [0.717, 1.165) is 0 Å². The summed E-state index contributed by atoms with van der Waals surface area (Å²) >= 11 is 0. The molecule has 25 heavy (non-hydrogen) atoms. The second kappa shape index (κ2) is 7.97. The number of hydrogen-bond acceptors (Lipinski definition) is 6. The Morgan fingerprint density at radius 1 is 1.48 bits per heavy atom. The lowest BCUT2D eigenvalue weighted by Crippen LogP contribution is -2.48. The van der Waals surface area contributed by atoms with E-state index in [0.29, 0.717) is 17.0 Å². The lowest BCUT2D eigenvalue weighted by Gasteiger charge is -2.23. The zero-order valence-corrected chi connectivity index (χ0v) is 13.4. The Kier molecular flexibility index (Phi) is 5.74. The number of carboxylic acids is 1. The minimum absolute atomic E-state index is 0.0284. The molecule has 0 radical (unpaired) electrons. The molecule has 0 aromatic heterocycles. The number of benzene rings is 1. The monoisotopic (exact) mass is 343 g/mol. The molecule has 0 fully saturated rings. The number of carbonyl (C=O) groups is 2. The van der Waals surface area contributed by atoms with Crippen LogP contribution in [0.3, 0.4) is 0 Å². The summed E-state index contributed by atoms with van der Waals surface area (Å²) in [5, 5.41) is 24.1. The summed E-state index contributed by atoms with van der Waals surface area (Å²) in [6.07, 6.45) is 1.01. The van der Waals surface area contributed by atoms with Crippen LogP contribution in [0, 0.1) is 11.3 Å². The molecule has 8 nitrogen and oxygen atoms in total. The summed E-state index contributed by atoms with van der Waals surface area (Å²) in [6, 6.07) is 8.59. The first-order valence-corrected chi connectivity index (χ1v) is 7.47. The minimum atomic E-state index is -1.58. The van der Waals surface area contributed by atoms with Crippen molar-refractivity contribution >= 4 is 17.6 Å². The van der Waals surface area contributed by atoms with Gasteiger partial charge in [-0.15, -0.1) is 6.58 Å². The van der Waals surface area contributed by atoms with E-state index in [9.17, 15) is 9.59 Å². The minimum Gasteiger partial charge on any atom is -0.481 e. The molecule has 1 aliphatic heterocycles. The zero-order valence-electron chi connectivity index (χ0n) is 13.4. The molecule has 2 rings (SSSR count). The van der Waals surface area contributed by atoms with Gasteiger partial charge in [-0.1, -0.05) is 11.2 Å². The largest absolute Gasteiger partial charge is 0.481 e. The van der Waals surface area contributed by atoms with E-state index < -0.39 is 23.9 Å². The number of oxime groups is 1. The molecule has 130 valence electrons. The molecule has 1 aromatic carbocycles. The molecule has 0 saturated heterocycles. The van der Waals surface area contributed by atoms with Gasteiger partial charge in [0, 0.05) is 13.0 Å². The molecule has 8 heteroatoms. The van der Waals surface area contributed by atoms with E-state index in [1.807, 2.05) is 6.07 Å². The Hall–Kier alpha value is -3.34. The van der Waals surface area contributed by atoms with Crippen LogP contribution in [0.25, 0.3) is 0 Å². The summed E-state index contributed by atoms with van der Waals surface area (Å²) in [7, 11) is 0. The van der Waals surface area contributed by atoms with Crippen molar-refractivity contribution in [3.05, 3.63) is 42.5 Å². The normalized spacial score (nSPS) is 18.4. The number of ether oxygens (including phenoxy) is 1. The molecule has 2 N–H and O–H groups in total. The van der Waals surface area contributed by atoms with E-state index in [2.05, 4.69) is 17.1 Å². The number of aliphatic carboxylic acids is 1. The molecule has 1 amide bonds. The lowest BCUT2D eigenvalue weighted by atomic mass is 9.90. The summed E-state index contributed by atoms with van der Waals surface area (Å²) in [6.45, 7) is 3.64. The molecule has 1 heterocycles. The average molecular weight is 343 g/mol. The van der Waals surface area contributed by atoms with Crippen molar-refractivity contribution in [3.63, 3.8) is 0 Å². The van der Waals surface area contributed by atoms with Crippen LogP contribution in [0.1, 0.15) is 18.4 Å². The molecule has 0 aliphatic carbocycles. The van der Waals surface area contributed by atoms with Gasteiger partial charge in [0.05, 0.1) is 12.1 Å². The number of carboxylic acid groups (broad SMARTS) is 1. The molecule has 0 saturated carbocycles. The maximum atomic E-state index is 12.3. The Bertz CT molecular complexity index is 736. The first kappa shape index (κ1) is 18.0. The van der Waals surface area contributed by atoms with Crippen molar-refractivity contribution in [2.24, 2.45) is 5.16 Å². The molecule has 0 bridgehead atoms. The summed E-state index contributed by atoms with van der Waals surface area (Å²) in [5.74, 6) is -1.20. The summed E-state index contributed by atoms with van der Waals surface area (Å²) in [4.78, 5) is 28.8. The van der Waals surface area contributed by atoms with Gasteiger partial charge in [-0.05, 0) is 29.8 Å². The number of hydrogen-bond donors (Lipinski definition) is 2. The van der Waals surface area contributed by atoms with E-state index in [1.54, 1.807) is 24.3 Å². The quantitative estimate of drug-likeness (QED) is 0.685. The Balaban J connectivity index is 2.14. The second-order valence-corrected chi connectivity index (χ2v) is 5.34. The van der Waals surface area contributed by atoms with Crippen LogP contribution in [0.15, 0.2) is 42.1 Å². The van der Waals surface area contributed by atoms with Crippen molar-refractivity contribution in [1.29, 1.82) is 5.26 Å². The fourth-order valence-corrected chi connectivity index (χ4v) is 2.36. The van der Waals surface area contributed by atoms with Crippen LogP contribution in [0.5, 0.6) is 5.75 Å². The molecule has 1 unspecified atom stereocenters. The van der Waals surface area contributed by atoms with Gasteiger partial charge in [-0.2, -0.15) is 5.26 Å². The average Bonchev–Trinajstić information content (AvgIpc) is 3.03. The Morgan fingerprint density at radius 3 is 2.80 bits per heavy atom. The molecule has 1 aliphatic rings. The second-order valence-electron chi connectivity index (χ2n) is 5.34. The predicted molar refractivity (Wildman–Crippen MR) is 88.0 cm³/mol. The molecular weight excluding hydrogens is 326 g/mol. The van der Waals surface area contributed by atoms with Crippen molar-refractivity contribution in [2.75, 3.05) is 13.2 Å². The maximum absolute atomic E-state index is 12.3. The lowest BCUT2D eigenvalue weighted by molar-refractivity contribution is -0.155. The van der Waals surface area contributed by atoms with Crippen LogP contribution in [0.4, 0.5) is 0 Å². The standard InChI is InChI=1S/C17H17N3O5/c1-2-8-19-16(23)17(11-15(21)22)10-14(20-25-17)12-3-5-13(6-4-12)24-9-7-18/h2-6H,1,8-11H2,(H,19,23)(H,21,22).